The first-order valence-electron chi connectivity index (χ1n) is 8.18. The van der Waals surface area contributed by atoms with Crippen LogP contribution in [0.25, 0.3) is 6.08 Å². The molecule has 6 nitrogen and oxygen atoms in total. The van der Waals surface area contributed by atoms with Crippen molar-refractivity contribution in [2.24, 2.45) is 5.92 Å². The van der Waals surface area contributed by atoms with E-state index in [9.17, 15) is 9.59 Å². The quantitative estimate of drug-likeness (QED) is 0.492. The summed E-state index contributed by atoms with van der Waals surface area (Å²) in [5, 5.41) is 8.55. The lowest BCUT2D eigenvalue weighted by atomic mass is 10.1. The summed E-state index contributed by atoms with van der Waals surface area (Å²) in [6.45, 7) is 5.15. The van der Waals surface area contributed by atoms with Gasteiger partial charge >= 0.3 is 0 Å². The molecule has 1 unspecified atom stereocenters. The van der Waals surface area contributed by atoms with Crippen molar-refractivity contribution < 1.29 is 19.5 Å². The minimum Gasteiger partial charge on any atom is -0.488 e. The van der Waals surface area contributed by atoms with Crippen LogP contribution < -0.4 is 10.2 Å². The van der Waals surface area contributed by atoms with E-state index >= 15 is 0 Å². The fraction of sp³-hybridized carbons (Fsp3) is 0.444. The van der Waals surface area contributed by atoms with Gasteiger partial charge in [-0.2, -0.15) is 0 Å². The number of amides is 2. The summed E-state index contributed by atoms with van der Waals surface area (Å²) in [5.74, 6) is 0.187. The lowest BCUT2D eigenvalue weighted by Gasteiger charge is -2.34. The second kappa shape index (κ2) is 8.49. The van der Waals surface area contributed by atoms with Gasteiger partial charge in [0.15, 0.2) is 0 Å². The molecule has 0 bridgehead atoms. The maximum atomic E-state index is 12.2. The van der Waals surface area contributed by atoms with Crippen molar-refractivity contribution in [3.8, 4) is 5.75 Å². The van der Waals surface area contributed by atoms with Crippen LogP contribution in [0, 0.1) is 5.92 Å². The summed E-state index contributed by atoms with van der Waals surface area (Å²) < 4.78 is 6.07. The minimum absolute atomic E-state index is 0.0176. The number of nitrogens with one attached hydrogen (secondary N) is 1. The summed E-state index contributed by atoms with van der Waals surface area (Å²) in [6.07, 6.45) is 4.55. The standard InChI is InChI=1S/C18H24N2O4/c1-13(2)18(22)20-11-5-7-15(12-20)24-16-8-4-3-6-14(16)9-10-17(21)19-23/h3-4,6,8-10,13,15,23H,5,7,11-12H2,1-2H3,(H,19,21)/b10-9+. The van der Waals surface area contributed by atoms with E-state index < -0.39 is 5.91 Å². The molecule has 2 amide bonds. The Morgan fingerprint density at radius 2 is 2.12 bits per heavy atom. The summed E-state index contributed by atoms with van der Waals surface area (Å²) in [6, 6.07) is 7.37. The van der Waals surface area contributed by atoms with E-state index in [-0.39, 0.29) is 17.9 Å². The second-order valence-corrected chi connectivity index (χ2v) is 6.17. The smallest absolute Gasteiger partial charge is 0.267 e. The molecule has 1 atom stereocenters. The van der Waals surface area contributed by atoms with Crippen LogP contribution in [0.5, 0.6) is 5.75 Å². The van der Waals surface area contributed by atoms with Crippen molar-refractivity contribution in [2.45, 2.75) is 32.8 Å². The molecule has 0 aliphatic carbocycles. The summed E-state index contributed by atoms with van der Waals surface area (Å²) in [7, 11) is 0. The van der Waals surface area contributed by atoms with Crippen molar-refractivity contribution >= 4 is 17.9 Å². The average molecular weight is 332 g/mol. The minimum atomic E-state index is -0.601. The second-order valence-electron chi connectivity index (χ2n) is 6.17. The molecule has 1 aromatic rings. The van der Waals surface area contributed by atoms with Crippen LogP contribution in [0.4, 0.5) is 0 Å². The zero-order valence-corrected chi connectivity index (χ0v) is 14.1. The Hall–Kier alpha value is -2.34. The highest BCUT2D eigenvalue weighted by molar-refractivity contribution is 5.91. The lowest BCUT2D eigenvalue weighted by molar-refractivity contribution is -0.137. The molecular weight excluding hydrogens is 308 g/mol. The first-order valence-corrected chi connectivity index (χ1v) is 8.18. The number of hydrogen-bond acceptors (Lipinski definition) is 4. The Labute approximate surface area is 142 Å². The zero-order valence-electron chi connectivity index (χ0n) is 14.1. The zero-order chi connectivity index (χ0) is 17.5. The van der Waals surface area contributed by atoms with Gasteiger partial charge in [0.25, 0.3) is 5.91 Å². The molecule has 1 heterocycles. The third-order valence-electron chi connectivity index (χ3n) is 3.92. The van der Waals surface area contributed by atoms with Gasteiger partial charge in [-0.3, -0.25) is 14.8 Å². The number of hydroxylamine groups is 1. The fourth-order valence-corrected chi connectivity index (χ4v) is 2.71. The van der Waals surface area contributed by atoms with Crippen LogP contribution in [-0.2, 0) is 9.59 Å². The Balaban J connectivity index is 2.06. The normalized spacial score (nSPS) is 18.0. The van der Waals surface area contributed by atoms with E-state index in [1.54, 1.807) is 11.6 Å². The SMILES string of the molecule is CC(C)C(=O)N1CCCC(Oc2ccccc2/C=C/C(=O)NO)C1. The van der Waals surface area contributed by atoms with Crippen molar-refractivity contribution in [2.75, 3.05) is 13.1 Å². The molecule has 1 fully saturated rings. The maximum absolute atomic E-state index is 12.2. The molecule has 130 valence electrons. The molecule has 0 radical (unpaired) electrons. The van der Waals surface area contributed by atoms with Crippen LogP contribution in [0.15, 0.2) is 30.3 Å². The highest BCUT2D eigenvalue weighted by Gasteiger charge is 2.26. The predicted octanol–water partition coefficient (Wildman–Crippen LogP) is 2.23. The molecule has 1 aliphatic heterocycles. The third kappa shape index (κ3) is 4.83. The Kier molecular flexibility index (Phi) is 6.37. The number of hydrogen-bond donors (Lipinski definition) is 2. The van der Waals surface area contributed by atoms with Gasteiger partial charge in [-0.05, 0) is 25.0 Å². The summed E-state index contributed by atoms with van der Waals surface area (Å²) in [4.78, 5) is 25.2. The number of rotatable bonds is 5. The molecule has 1 saturated heterocycles. The molecule has 24 heavy (non-hydrogen) atoms. The highest BCUT2D eigenvalue weighted by atomic mass is 16.5. The van der Waals surface area contributed by atoms with Crippen molar-refractivity contribution in [1.82, 2.24) is 10.4 Å². The molecule has 1 aromatic carbocycles. The number of nitrogens with zero attached hydrogens (tertiary/aromatic N) is 1. The first-order chi connectivity index (χ1) is 11.5. The van der Waals surface area contributed by atoms with Crippen molar-refractivity contribution in [1.29, 1.82) is 0 Å². The Morgan fingerprint density at radius 3 is 2.83 bits per heavy atom. The maximum Gasteiger partial charge on any atom is 0.267 e. The average Bonchev–Trinajstić information content (AvgIpc) is 2.60. The Bertz CT molecular complexity index is 613. The van der Waals surface area contributed by atoms with Crippen LogP contribution in [-0.4, -0.2) is 41.1 Å². The lowest BCUT2D eigenvalue weighted by Crippen LogP contribution is -2.45. The van der Waals surface area contributed by atoms with Crippen LogP contribution >= 0.6 is 0 Å². The molecular formula is C18H24N2O4. The molecule has 0 saturated carbocycles. The van der Waals surface area contributed by atoms with E-state index in [2.05, 4.69) is 0 Å². The van der Waals surface area contributed by atoms with Crippen LogP contribution in [0.1, 0.15) is 32.3 Å². The number of ether oxygens (including phenoxy) is 1. The number of likely N-dealkylation sites (tertiary alicyclic amines) is 1. The van der Waals surface area contributed by atoms with Crippen molar-refractivity contribution in [3.05, 3.63) is 35.9 Å². The molecule has 1 aliphatic rings. The van der Waals surface area contributed by atoms with Gasteiger partial charge in [-0.1, -0.05) is 32.0 Å². The van der Waals surface area contributed by atoms with Crippen LogP contribution in [0.3, 0.4) is 0 Å². The number of piperidine rings is 1. The predicted molar refractivity (Wildman–Crippen MR) is 90.5 cm³/mol. The van der Waals surface area contributed by atoms with Gasteiger partial charge in [0, 0.05) is 24.1 Å². The monoisotopic (exact) mass is 332 g/mol. The van der Waals surface area contributed by atoms with E-state index in [0.717, 1.165) is 24.9 Å². The largest absolute Gasteiger partial charge is 0.488 e. The number of para-hydroxylation sites is 1. The van der Waals surface area contributed by atoms with Gasteiger partial charge < -0.3 is 9.64 Å². The highest BCUT2D eigenvalue weighted by Crippen LogP contribution is 2.24. The summed E-state index contributed by atoms with van der Waals surface area (Å²) in [5.41, 5.74) is 2.30. The van der Waals surface area contributed by atoms with Gasteiger partial charge in [-0.25, -0.2) is 5.48 Å². The molecule has 0 spiro atoms. The van der Waals surface area contributed by atoms with E-state index in [1.165, 1.54) is 6.08 Å². The number of carbonyl (C=O) groups excluding carboxylic acids is 2. The van der Waals surface area contributed by atoms with E-state index in [4.69, 9.17) is 9.94 Å². The first kappa shape index (κ1) is 18.0. The van der Waals surface area contributed by atoms with Gasteiger partial charge in [-0.15, -0.1) is 0 Å². The topological polar surface area (TPSA) is 78.9 Å². The summed E-state index contributed by atoms with van der Waals surface area (Å²) >= 11 is 0. The Morgan fingerprint density at radius 1 is 1.38 bits per heavy atom. The van der Waals surface area contributed by atoms with Crippen LogP contribution in [0.2, 0.25) is 0 Å². The van der Waals surface area contributed by atoms with E-state index in [1.807, 2.05) is 43.0 Å². The van der Waals surface area contributed by atoms with Gasteiger partial charge in [0.1, 0.15) is 11.9 Å². The van der Waals surface area contributed by atoms with Gasteiger partial charge in [0.2, 0.25) is 5.91 Å². The van der Waals surface area contributed by atoms with E-state index in [0.29, 0.717) is 12.3 Å². The number of benzene rings is 1. The molecule has 6 heteroatoms. The van der Waals surface area contributed by atoms with Crippen molar-refractivity contribution in [3.63, 3.8) is 0 Å². The molecule has 2 rings (SSSR count). The third-order valence-corrected chi connectivity index (χ3v) is 3.92. The fourth-order valence-electron chi connectivity index (χ4n) is 2.71. The molecule has 2 N–H and O–H groups in total. The molecule has 0 aromatic heterocycles. The van der Waals surface area contributed by atoms with Gasteiger partial charge in [0.05, 0.1) is 6.54 Å². The number of carbonyl (C=O) groups is 2.